The Morgan fingerprint density at radius 2 is 1.76 bits per heavy atom. The molecule has 0 spiro atoms. The van der Waals surface area contributed by atoms with Crippen molar-refractivity contribution >= 4 is 40.8 Å². The molecule has 1 atom stereocenters. The lowest BCUT2D eigenvalue weighted by molar-refractivity contribution is 0.0400. The molecule has 2 aliphatic rings. The van der Waals surface area contributed by atoms with Crippen LogP contribution in [0.2, 0.25) is 15.1 Å². The number of amides is 2. The average molecular weight is 503 g/mol. The van der Waals surface area contributed by atoms with Gasteiger partial charge in [-0.2, -0.15) is 0 Å². The zero-order valence-corrected chi connectivity index (χ0v) is 20.4. The van der Waals surface area contributed by atoms with Crippen molar-refractivity contribution in [3.63, 3.8) is 0 Å². The first-order valence-corrected chi connectivity index (χ1v) is 11.8. The highest BCUT2D eigenvalue weighted by molar-refractivity contribution is 6.36. The van der Waals surface area contributed by atoms with Crippen LogP contribution in [0.25, 0.3) is 22.4 Å². The Balaban J connectivity index is 1.75. The van der Waals surface area contributed by atoms with Crippen LogP contribution in [0, 0.1) is 0 Å². The fourth-order valence-electron chi connectivity index (χ4n) is 4.51. The SMILES string of the molecule is CC1(C)CC(N2CCNC2=O)c2cc(-c3ccc(Cl)cc3)c(-c3ccc(Cl)cc3Cl)nc2O1. The molecule has 0 bridgehead atoms. The van der Waals surface area contributed by atoms with Crippen LogP contribution < -0.4 is 10.1 Å². The number of carbonyl (C=O) groups excluding carboxylic acids is 1. The molecule has 3 heterocycles. The van der Waals surface area contributed by atoms with Crippen LogP contribution >= 0.6 is 34.8 Å². The number of halogens is 3. The van der Waals surface area contributed by atoms with Gasteiger partial charge in [0.05, 0.1) is 16.8 Å². The van der Waals surface area contributed by atoms with Crippen molar-refractivity contribution in [2.45, 2.75) is 31.9 Å². The summed E-state index contributed by atoms with van der Waals surface area (Å²) >= 11 is 18.9. The lowest BCUT2D eigenvalue weighted by Gasteiger charge is -2.40. The first-order chi connectivity index (χ1) is 15.7. The van der Waals surface area contributed by atoms with Crippen LogP contribution in [0.1, 0.15) is 31.9 Å². The van der Waals surface area contributed by atoms with Gasteiger partial charge in [-0.25, -0.2) is 9.78 Å². The highest BCUT2D eigenvalue weighted by atomic mass is 35.5. The van der Waals surface area contributed by atoms with Gasteiger partial charge in [-0.1, -0.05) is 46.9 Å². The molecule has 1 unspecified atom stereocenters. The van der Waals surface area contributed by atoms with Gasteiger partial charge in [0.1, 0.15) is 5.60 Å². The van der Waals surface area contributed by atoms with Gasteiger partial charge in [0.2, 0.25) is 5.88 Å². The standard InChI is InChI=1S/C25H22Cl3N3O2/c1-25(2)13-21(31-10-9-29-24(31)32)19-12-18(14-3-5-15(26)6-4-14)22(30-23(19)33-25)17-8-7-16(27)11-20(17)28/h3-8,11-12,21H,9-10,13H2,1-2H3,(H,29,32). The minimum Gasteiger partial charge on any atom is -0.471 e. The number of ether oxygens (including phenoxy) is 1. The second kappa shape index (κ2) is 8.39. The molecule has 0 aliphatic carbocycles. The second-order valence-electron chi connectivity index (χ2n) is 8.92. The number of hydrogen-bond donors (Lipinski definition) is 1. The van der Waals surface area contributed by atoms with Crippen LogP contribution in [0.5, 0.6) is 5.88 Å². The van der Waals surface area contributed by atoms with Crippen molar-refractivity contribution in [3.05, 3.63) is 69.2 Å². The number of urea groups is 1. The normalized spacial score (nSPS) is 19.1. The van der Waals surface area contributed by atoms with E-state index in [0.29, 0.717) is 46.2 Å². The third-order valence-corrected chi connectivity index (χ3v) is 6.84. The Bertz CT molecular complexity index is 1240. The first kappa shape index (κ1) is 22.3. The predicted molar refractivity (Wildman–Crippen MR) is 132 cm³/mol. The molecule has 1 saturated heterocycles. The van der Waals surface area contributed by atoms with E-state index in [-0.39, 0.29) is 12.1 Å². The molecule has 3 aromatic rings. The van der Waals surface area contributed by atoms with E-state index in [9.17, 15) is 4.79 Å². The van der Waals surface area contributed by atoms with Crippen LogP contribution in [-0.4, -0.2) is 34.6 Å². The largest absolute Gasteiger partial charge is 0.471 e. The van der Waals surface area contributed by atoms with Crippen molar-refractivity contribution in [3.8, 4) is 28.3 Å². The monoisotopic (exact) mass is 501 g/mol. The van der Waals surface area contributed by atoms with E-state index in [4.69, 9.17) is 44.5 Å². The van der Waals surface area contributed by atoms with E-state index in [1.807, 2.05) is 49.1 Å². The van der Waals surface area contributed by atoms with Crippen molar-refractivity contribution in [2.75, 3.05) is 13.1 Å². The van der Waals surface area contributed by atoms with Gasteiger partial charge in [0, 0.05) is 46.2 Å². The number of fused-ring (bicyclic) bond motifs is 1. The number of hydrogen-bond acceptors (Lipinski definition) is 3. The van der Waals surface area contributed by atoms with Gasteiger partial charge in [0.15, 0.2) is 0 Å². The molecule has 2 amide bonds. The molecule has 2 aromatic carbocycles. The Labute approximate surface area is 207 Å². The number of rotatable bonds is 3. The van der Waals surface area contributed by atoms with E-state index < -0.39 is 5.60 Å². The number of pyridine rings is 1. The first-order valence-electron chi connectivity index (χ1n) is 10.7. The average Bonchev–Trinajstić information content (AvgIpc) is 3.18. The molecular weight excluding hydrogens is 481 g/mol. The smallest absolute Gasteiger partial charge is 0.318 e. The number of benzene rings is 2. The number of aromatic nitrogens is 1. The summed E-state index contributed by atoms with van der Waals surface area (Å²) in [5.74, 6) is 0.509. The number of carbonyl (C=O) groups is 1. The predicted octanol–water partition coefficient (Wildman–Crippen LogP) is 7.00. The van der Waals surface area contributed by atoms with Gasteiger partial charge < -0.3 is 15.0 Å². The van der Waals surface area contributed by atoms with Gasteiger partial charge in [0.25, 0.3) is 0 Å². The summed E-state index contributed by atoms with van der Waals surface area (Å²) in [6.07, 6.45) is 0.663. The zero-order chi connectivity index (χ0) is 23.3. The summed E-state index contributed by atoms with van der Waals surface area (Å²) in [5.41, 5.74) is 3.63. The van der Waals surface area contributed by atoms with E-state index >= 15 is 0 Å². The molecule has 5 rings (SSSR count). The summed E-state index contributed by atoms with van der Waals surface area (Å²) < 4.78 is 6.32. The Morgan fingerprint density at radius 3 is 2.42 bits per heavy atom. The van der Waals surface area contributed by atoms with Gasteiger partial charge in [-0.15, -0.1) is 0 Å². The Hall–Kier alpha value is -2.47. The summed E-state index contributed by atoms with van der Waals surface area (Å²) in [5, 5.41) is 4.60. The van der Waals surface area contributed by atoms with Crippen molar-refractivity contribution < 1.29 is 9.53 Å². The molecule has 1 fully saturated rings. The molecule has 0 radical (unpaired) electrons. The maximum absolute atomic E-state index is 12.6. The van der Waals surface area contributed by atoms with Gasteiger partial charge in [-0.3, -0.25) is 0 Å². The molecule has 0 saturated carbocycles. The fourth-order valence-corrected chi connectivity index (χ4v) is 5.13. The van der Waals surface area contributed by atoms with Crippen LogP contribution in [-0.2, 0) is 0 Å². The maximum atomic E-state index is 12.6. The molecule has 8 heteroatoms. The number of nitrogens with one attached hydrogen (secondary N) is 1. The van der Waals surface area contributed by atoms with Crippen molar-refractivity contribution in [1.82, 2.24) is 15.2 Å². The molecule has 1 N–H and O–H groups in total. The van der Waals surface area contributed by atoms with E-state index in [1.54, 1.807) is 12.1 Å². The molecular formula is C25H22Cl3N3O2. The van der Waals surface area contributed by atoms with Gasteiger partial charge >= 0.3 is 6.03 Å². The molecule has 2 aliphatic heterocycles. The van der Waals surface area contributed by atoms with Crippen LogP contribution in [0.15, 0.2) is 48.5 Å². The highest BCUT2D eigenvalue weighted by Gasteiger charge is 2.41. The minimum atomic E-state index is -0.490. The minimum absolute atomic E-state index is 0.0680. The zero-order valence-electron chi connectivity index (χ0n) is 18.2. The summed E-state index contributed by atoms with van der Waals surface area (Å²) in [6.45, 7) is 5.29. The number of nitrogens with zero attached hydrogens (tertiary/aromatic N) is 2. The fraction of sp³-hybridized carbons (Fsp3) is 0.280. The second-order valence-corrected chi connectivity index (χ2v) is 10.2. The topological polar surface area (TPSA) is 54.5 Å². The van der Waals surface area contributed by atoms with E-state index in [1.165, 1.54) is 0 Å². The van der Waals surface area contributed by atoms with Crippen molar-refractivity contribution in [2.24, 2.45) is 0 Å². The summed E-state index contributed by atoms with van der Waals surface area (Å²) in [4.78, 5) is 19.4. The molecule has 33 heavy (non-hydrogen) atoms. The van der Waals surface area contributed by atoms with Gasteiger partial charge in [-0.05, 0) is 55.8 Å². The quantitative estimate of drug-likeness (QED) is 0.419. The third kappa shape index (κ3) is 4.25. The lowest BCUT2D eigenvalue weighted by atomic mass is 9.87. The Kier molecular flexibility index (Phi) is 5.68. The molecule has 170 valence electrons. The summed E-state index contributed by atoms with van der Waals surface area (Å²) in [6, 6.07) is 14.8. The Morgan fingerprint density at radius 1 is 1.03 bits per heavy atom. The molecule has 5 nitrogen and oxygen atoms in total. The summed E-state index contributed by atoms with van der Waals surface area (Å²) in [7, 11) is 0. The maximum Gasteiger partial charge on any atom is 0.318 e. The van der Waals surface area contributed by atoms with Crippen LogP contribution in [0.3, 0.4) is 0 Å². The van der Waals surface area contributed by atoms with E-state index in [2.05, 4.69) is 11.4 Å². The molecule has 1 aromatic heterocycles. The highest BCUT2D eigenvalue weighted by Crippen LogP contribution is 2.46. The lowest BCUT2D eigenvalue weighted by Crippen LogP contribution is -2.43. The van der Waals surface area contributed by atoms with E-state index in [0.717, 1.165) is 22.3 Å². The van der Waals surface area contributed by atoms with Crippen LogP contribution in [0.4, 0.5) is 4.79 Å². The van der Waals surface area contributed by atoms with Crippen molar-refractivity contribution in [1.29, 1.82) is 0 Å². The third-order valence-electron chi connectivity index (χ3n) is 6.04.